The van der Waals surface area contributed by atoms with Crippen LogP contribution in [0.3, 0.4) is 0 Å². The summed E-state index contributed by atoms with van der Waals surface area (Å²) in [6.07, 6.45) is 0. The van der Waals surface area contributed by atoms with Crippen LogP contribution in [0.1, 0.15) is 13.8 Å². The Morgan fingerprint density at radius 1 is 1.45 bits per heavy atom. The van der Waals surface area contributed by atoms with Crippen LogP contribution in [0, 0.1) is 10.1 Å². The third-order valence-corrected chi connectivity index (χ3v) is 4.54. The predicted octanol–water partition coefficient (Wildman–Crippen LogP) is 3.55. The molecule has 0 heterocycles. The highest BCUT2D eigenvalue weighted by molar-refractivity contribution is 8.23. The van der Waals surface area contributed by atoms with Crippen molar-refractivity contribution in [1.29, 1.82) is 0 Å². The molecule has 1 N–H and O–H groups in total. The summed E-state index contributed by atoms with van der Waals surface area (Å²) in [7, 11) is 0. The molecule has 0 radical (unpaired) electrons. The van der Waals surface area contributed by atoms with Crippen LogP contribution in [0.15, 0.2) is 18.2 Å². The predicted molar refractivity (Wildman–Crippen MR) is 94.7 cm³/mol. The van der Waals surface area contributed by atoms with Crippen molar-refractivity contribution in [3.8, 4) is 0 Å². The Kier molecular flexibility index (Phi) is 7.57. The minimum absolute atomic E-state index is 0.0804. The van der Waals surface area contributed by atoms with Gasteiger partial charge < -0.3 is 10.2 Å². The summed E-state index contributed by atoms with van der Waals surface area (Å²) in [6.45, 7) is 5.49. The van der Waals surface area contributed by atoms with Crippen molar-refractivity contribution in [2.45, 2.75) is 13.8 Å². The molecule has 0 spiro atoms. The van der Waals surface area contributed by atoms with Crippen LogP contribution in [0.25, 0.3) is 0 Å². The molecule has 6 nitrogen and oxygen atoms in total. The van der Waals surface area contributed by atoms with E-state index in [1.807, 2.05) is 18.7 Å². The van der Waals surface area contributed by atoms with Gasteiger partial charge in [-0.25, -0.2) is 0 Å². The van der Waals surface area contributed by atoms with Crippen molar-refractivity contribution in [3.05, 3.63) is 33.3 Å². The van der Waals surface area contributed by atoms with Crippen molar-refractivity contribution < 1.29 is 9.72 Å². The quantitative estimate of drug-likeness (QED) is 0.474. The van der Waals surface area contributed by atoms with E-state index in [1.165, 1.54) is 30.0 Å². The molecule has 0 bridgehead atoms. The maximum Gasteiger partial charge on any atom is 0.292 e. The van der Waals surface area contributed by atoms with Crippen molar-refractivity contribution >= 4 is 57.2 Å². The van der Waals surface area contributed by atoms with Crippen LogP contribution in [-0.4, -0.2) is 38.9 Å². The molecule has 1 aromatic rings. The highest BCUT2D eigenvalue weighted by Gasteiger charge is 2.17. The van der Waals surface area contributed by atoms with Crippen molar-refractivity contribution in [3.63, 3.8) is 0 Å². The van der Waals surface area contributed by atoms with Gasteiger partial charge in [0.05, 0.1) is 10.7 Å². The second-order valence-corrected chi connectivity index (χ2v) is 6.24. The van der Waals surface area contributed by atoms with E-state index in [2.05, 4.69) is 5.32 Å². The number of rotatable bonds is 6. The Morgan fingerprint density at radius 2 is 2.09 bits per heavy atom. The van der Waals surface area contributed by atoms with E-state index in [1.54, 1.807) is 0 Å². The number of halogens is 1. The SMILES string of the molecule is CCN(CC)C(=S)SCC(=O)Nc1cc(Cl)ccc1[N+](=O)[O-]. The van der Waals surface area contributed by atoms with Crippen LogP contribution in [-0.2, 0) is 4.79 Å². The number of thiocarbonyl (C=S) groups is 1. The topological polar surface area (TPSA) is 75.5 Å². The van der Waals surface area contributed by atoms with E-state index in [4.69, 9.17) is 23.8 Å². The van der Waals surface area contributed by atoms with Crippen molar-refractivity contribution in [2.75, 3.05) is 24.2 Å². The third kappa shape index (κ3) is 5.43. The van der Waals surface area contributed by atoms with Crippen LogP contribution in [0.5, 0.6) is 0 Å². The Bertz CT molecular complexity index is 580. The van der Waals surface area contributed by atoms with Gasteiger partial charge in [-0.1, -0.05) is 35.6 Å². The van der Waals surface area contributed by atoms with Crippen LogP contribution < -0.4 is 5.32 Å². The number of benzene rings is 1. The van der Waals surface area contributed by atoms with E-state index in [9.17, 15) is 14.9 Å². The first-order valence-corrected chi connectivity index (χ1v) is 8.31. The second-order valence-electron chi connectivity index (χ2n) is 4.19. The lowest BCUT2D eigenvalue weighted by molar-refractivity contribution is -0.383. The zero-order valence-corrected chi connectivity index (χ0v) is 14.6. The first-order valence-electron chi connectivity index (χ1n) is 6.54. The minimum atomic E-state index is -0.570. The average Bonchev–Trinajstić information content (AvgIpc) is 2.46. The van der Waals surface area contributed by atoms with Gasteiger partial charge in [0.25, 0.3) is 5.69 Å². The Balaban J connectivity index is 2.68. The van der Waals surface area contributed by atoms with Gasteiger partial charge in [-0.2, -0.15) is 0 Å². The van der Waals surface area contributed by atoms with Gasteiger partial charge in [0.1, 0.15) is 10.0 Å². The third-order valence-electron chi connectivity index (χ3n) is 2.78. The van der Waals surface area contributed by atoms with Gasteiger partial charge in [-0.3, -0.25) is 14.9 Å². The summed E-state index contributed by atoms with van der Waals surface area (Å²) >= 11 is 12.3. The largest absolute Gasteiger partial charge is 0.358 e. The van der Waals surface area contributed by atoms with Gasteiger partial charge >= 0.3 is 0 Å². The number of nitrogens with zero attached hydrogens (tertiary/aromatic N) is 2. The summed E-state index contributed by atoms with van der Waals surface area (Å²) in [5.41, 5.74) is -0.120. The summed E-state index contributed by atoms with van der Waals surface area (Å²) in [5, 5.41) is 13.7. The molecule has 22 heavy (non-hydrogen) atoms. The molecular formula is C13H16ClN3O3S2. The molecule has 120 valence electrons. The molecule has 1 amide bonds. The molecule has 0 atom stereocenters. The normalized spacial score (nSPS) is 10.1. The first kappa shape index (κ1) is 18.7. The monoisotopic (exact) mass is 361 g/mol. The maximum absolute atomic E-state index is 11.9. The first-order chi connectivity index (χ1) is 10.4. The molecular weight excluding hydrogens is 346 g/mol. The minimum Gasteiger partial charge on any atom is -0.358 e. The Labute approximate surface area is 143 Å². The fraction of sp³-hybridized carbons (Fsp3) is 0.385. The fourth-order valence-electron chi connectivity index (χ4n) is 1.65. The highest BCUT2D eigenvalue weighted by atomic mass is 35.5. The van der Waals surface area contributed by atoms with E-state index < -0.39 is 4.92 Å². The number of carbonyl (C=O) groups excluding carboxylic acids is 1. The zero-order valence-electron chi connectivity index (χ0n) is 12.2. The van der Waals surface area contributed by atoms with Gasteiger partial charge in [-0.15, -0.1) is 0 Å². The second kappa shape index (κ2) is 8.92. The van der Waals surface area contributed by atoms with Crippen molar-refractivity contribution in [2.24, 2.45) is 0 Å². The Hall–Kier alpha value is -1.38. The number of carbonyl (C=O) groups is 1. The number of nitro groups is 1. The molecule has 0 aliphatic rings. The fourth-order valence-corrected chi connectivity index (χ4v) is 3.03. The number of hydrogen-bond acceptors (Lipinski definition) is 5. The zero-order chi connectivity index (χ0) is 16.7. The number of nitro benzene ring substituents is 1. The lowest BCUT2D eigenvalue weighted by atomic mass is 10.2. The number of thioether (sulfide) groups is 1. The molecule has 1 rings (SSSR count). The summed E-state index contributed by atoms with van der Waals surface area (Å²) < 4.78 is 0.626. The lowest BCUT2D eigenvalue weighted by Gasteiger charge is -2.20. The molecule has 0 fully saturated rings. The van der Waals surface area contributed by atoms with E-state index >= 15 is 0 Å². The number of anilines is 1. The molecule has 9 heteroatoms. The van der Waals surface area contributed by atoms with Crippen LogP contribution in [0.2, 0.25) is 5.02 Å². The molecule has 0 aliphatic heterocycles. The molecule has 0 aromatic heterocycles. The molecule has 1 aromatic carbocycles. The van der Waals surface area contributed by atoms with Crippen LogP contribution in [0.4, 0.5) is 11.4 Å². The number of amides is 1. The lowest BCUT2D eigenvalue weighted by Crippen LogP contribution is -2.28. The molecule has 0 saturated heterocycles. The molecule has 0 aliphatic carbocycles. The summed E-state index contributed by atoms with van der Waals surface area (Å²) in [5.74, 6) is -0.288. The van der Waals surface area contributed by atoms with E-state index in [-0.39, 0.29) is 23.0 Å². The van der Waals surface area contributed by atoms with E-state index in [0.717, 1.165) is 13.1 Å². The van der Waals surface area contributed by atoms with E-state index in [0.29, 0.717) is 9.34 Å². The standard InChI is InChI=1S/C13H16ClN3O3S2/c1-3-16(4-2)13(21)22-8-12(18)15-10-7-9(14)5-6-11(10)17(19)20/h5-7H,3-4,8H2,1-2H3,(H,15,18). The number of hydrogen-bond donors (Lipinski definition) is 1. The molecule has 0 saturated carbocycles. The smallest absolute Gasteiger partial charge is 0.292 e. The Morgan fingerprint density at radius 3 is 2.64 bits per heavy atom. The van der Waals surface area contributed by atoms with Gasteiger partial charge in [0, 0.05) is 24.2 Å². The summed E-state index contributed by atoms with van der Waals surface area (Å²) in [6, 6.07) is 4.01. The van der Waals surface area contributed by atoms with Gasteiger partial charge in [0.15, 0.2) is 0 Å². The maximum atomic E-state index is 11.9. The summed E-state index contributed by atoms with van der Waals surface area (Å²) in [4.78, 5) is 24.2. The van der Waals surface area contributed by atoms with Gasteiger partial charge in [0.2, 0.25) is 5.91 Å². The highest BCUT2D eigenvalue weighted by Crippen LogP contribution is 2.27. The van der Waals surface area contributed by atoms with Gasteiger partial charge in [-0.05, 0) is 26.0 Å². The number of nitrogens with one attached hydrogen (secondary N) is 1. The molecule has 0 unspecified atom stereocenters. The van der Waals surface area contributed by atoms with Crippen molar-refractivity contribution in [1.82, 2.24) is 4.90 Å². The van der Waals surface area contributed by atoms with Crippen LogP contribution >= 0.6 is 35.6 Å². The average molecular weight is 362 g/mol.